The SMILES string of the molecule is CCOC(=O)c1noc(C(CC(C)C)N2C(=O)c3ccccc3C2=O)n1. The molecular formula is C18H19N3O5. The molecule has 0 saturated carbocycles. The lowest BCUT2D eigenvalue weighted by Crippen LogP contribution is -2.35. The van der Waals surface area contributed by atoms with Crippen LogP contribution in [0.25, 0.3) is 0 Å². The summed E-state index contributed by atoms with van der Waals surface area (Å²) < 4.78 is 10.0. The van der Waals surface area contributed by atoms with Crippen LogP contribution in [0.15, 0.2) is 28.8 Å². The predicted molar refractivity (Wildman–Crippen MR) is 89.4 cm³/mol. The maximum atomic E-state index is 12.8. The molecule has 0 aliphatic carbocycles. The number of rotatable bonds is 6. The van der Waals surface area contributed by atoms with Crippen LogP contribution in [0.1, 0.15) is 70.5 Å². The molecule has 0 bridgehead atoms. The zero-order valence-electron chi connectivity index (χ0n) is 14.8. The van der Waals surface area contributed by atoms with Crippen molar-refractivity contribution in [1.29, 1.82) is 0 Å². The van der Waals surface area contributed by atoms with Gasteiger partial charge in [0.05, 0.1) is 17.7 Å². The van der Waals surface area contributed by atoms with Crippen molar-refractivity contribution in [2.24, 2.45) is 5.92 Å². The van der Waals surface area contributed by atoms with Crippen molar-refractivity contribution in [3.63, 3.8) is 0 Å². The van der Waals surface area contributed by atoms with Gasteiger partial charge < -0.3 is 9.26 Å². The molecule has 8 nitrogen and oxygen atoms in total. The molecule has 0 radical (unpaired) electrons. The Balaban J connectivity index is 1.96. The van der Waals surface area contributed by atoms with E-state index in [0.29, 0.717) is 17.5 Å². The highest BCUT2D eigenvalue weighted by molar-refractivity contribution is 6.21. The third kappa shape index (κ3) is 3.10. The van der Waals surface area contributed by atoms with Crippen LogP contribution in [0.4, 0.5) is 0 Å². The molecule has 26 heavy (non-hydrogen) atoms. The van der Waals surface area contributed by atoms with Gasteiger partial charge in [-0.15, -0.1) is 0 Å². The third-order valence-corrected chi connectivity index (χ3v) is 4.02. The number of amides is 2. The van der Waals surface area contributed by atoms with Crippen molar-refractivity contribution >= 4 is 17.8 Å². The topological polar surface area (TPSA) is 103 Å². The van der Waals surface area contributed by atoms with Gasteiger partial charge in [0, 0.05) is 0 Å². The molecule has 1 aromatic heterocycles. The van der Waals surface area contributed by atoms with Crippen molar-refractivity contribution in [3.05, 3.63) is 47.1 Å². The van der Waals surface area contributed by atoms with Crippen LogP contribution in [-0.2, 0) is 4.74 Å². The van der Waals surface area contributed by atoms with Crippen LogP contribution in [0, 0.1) is 5.92 Å². The Hall–Kier alpha value is -3.03. The van der Waals surface area contributed by atoms with Crippen LogP contribution in [0.2, 0.25) is 0 Å². The summed E-state index contributed by atoms with van der Waals surface area (Å²) in [5.74, 6) is -1.59. The first-order valence-corrected chi connectivity index (χ1v) is 8.41. The summed E-state index contributed by atoms with van der Waals surface area (Å²) in [7, 11) is 0. The summed E-state index contributed by atoms with van der Waals surface area (Å²) in [6.07, 6.45) is 0.427. The highest BCUT2D eigenvalue weighted by Crippen LogP contribution is 2.34. The van der Waals surface area contributed by atoms with E-state index in [-0.39, 0.29) is 24.2 Å². The lowest BCUT2D eigenvalue weighted by Gasteiger charge is -2.24. The average Bonchev–Trinajstić information content (AvgIpc) is 3.19. The fourth-order valence-corrected chi connectivity index (χ4v) is 2.90. The van der Waals surface area contributed by atoms with E-state index in [1.165, 1.54) is 0 Å². The Labute approximate surface area is 150 Å². The molecule has 0 N–H and O–H groups in total. The highest BCUT2D eigenvalue weighted by Gasteiger charge is 2.42. The van der Waals surface area contributed by atoms with Crippen LogP contribution >= 0.6 is 0 Å². The average molecular weight is 357 g/mol. The zero-order chi connectivity index (χ0) is 18.8. The van der Waals surface area contributed by atoms with E-state index in [1.807, 2.05) is 13.8 Å². The minimum absolute atomic E-state index is 0.0382. The molecule has 1 aliphatic heterocycles. The second-order valence-electron chi connectivity index (χ2n) is 6.35. The standard InChI is InChI=1S/C18H19N3O5/c1-4-25-18(24)14-19-15(26-20-14)13(9-10(2)3)21-16(22)11-7-5-6-8-12(11)17(21)23/h5-8,10,13H,4,9H2,1-3H3. The molecule has 1 atom stereocenters. The van der Waals surface area contributed by atoms with Crippen molar-refractivity contribution in [1.82, 2.24) is 15.0 Å². The fourth-order valence-electron chi connectivity index (χ4n) is 2.90. The molecule has 0 spiro atoms. The Kier molecular flexibility index (Phi) is 4.83. The first kappa shape index (κ1) is 17.8. The Morgan fingerprint density at radius 2 is 1.81 bits per heavy atom. The van der Waals surface area contributed by atoms with Gasteiger partial charge in [0.1, 0.15) is 6.04 Å². The van der Waals surface area contributed by atoms with Gasteiger partial charge in [-0.2, -0.15) is 4.98 Å². The third-order valence-electron chi connectivity index (χ3n) is 4.02. The van der Waals surface area contributed by atoms with Crippen LogP contribution in [0.3, 0.4) is 0 Å². The van der Waals surface area contributed by atoms with Crippen LogP contribution in [0.5, 0.6) is 0 Å². The molecular weight excluding hydrogens is 338 g/mol. The van der Waals surface area contributed by atoms with E-state index in [0.717, 1.165) is 4.90 Å². The van der Waals surface area contributed by atoms with E-state index >= 15 is 0 Å². The summed E-state index contributed by atoms with van der Waals surface area (Å²) in [5, 5.41) is 3.62. The minimum Gasteiger partial charge on any atom is -0.460 e. The highest BCUT2D eigenvalue weighted by atomic mass is 16.5. The van der Waals surface area contributed by atoms with Gasteiger partial charge in [0.15, 0.2) is 0 Å². The number of fused-ring (bicyclic) bond motifs is 1. The molecule has 1 aromatic carbocycles. The largest absolute Gasteiger partial charge is 0.460 e. The number of carbonyl (C=O) groups excluding carboxylic acids is 3. The number of hydrogen-bond acceptors (Lipinski definition) is 7. The normalized spacial score (nSPS) is 14.7. The molecule has 0 saturated heterocycles. The van der Waals surface area contributed by atoms with E-state index < -0.39 is 23.8 Å². The quantitative estimate of drug-likeness (QED) is 0.578. The molecule has 136 valence electrons. The summed E-state index contributed by atoms with van der Waals surface area (Å²) in [5.41, 5.74) is 0.688. The lowest BCUT2D eigenvalue weighted by atomic mass is 10.0. The number of esters is 1. The lowest BCUT2D eigenvalue weighted by molar-refractivity contribution is 0.0501. The first-order valence-electron chi connectivity index (χ1n) is 8.41. The van der Waals surface area contributed by atoms with Crippen LogP contribution < -0.4 is 0 Å². The van der Waals surface area contributed by atoms with Gasteiger partial charge in [-0.05, 0) is 36.6 Å². The predicted octanol–water partition coefficient (Wildman–Crippen LogP) is 2.63. The number of ether oxygens (including phenoxy) is 1. The Morgan fingerprint density at radius 3 is 2.35 bits per heavy atom. The number of carbonyl (C=O) groups is 3. The monoisotopic (exact) mass is 357 g/mol. The zero-order valence-corrected chi connectivity index (χ0v) is 14.8. The summed E-state index contributed by atoms with van der Waals surface area (Å²) in [6, 6.07) is 5.88. The van der Waals surface area contributed by atoms with Crippen molar-refractivity contribution < 1.29 is 23.6 Å². The van der Waals surface area contributed by atoms with Gasteiger partial charge in [-0.25, -0.2) is 4.79 Å². The smallest absolute Gasteiger partial charge is 0.379 e. The number of imide groups is 1. The fraction of sp³-hybridized carbons (Fsp3) is 0.389. The molecule has 1 unspecified atom stereocenters. The maximum absolute atomic E-state index is 12.8. The molecule has 0 fully saturated rings. The van der Waals surface area contributed by atoms with Crippen molar-refractivity contribution in [2.75, 3.05) is 6.61 Å². The maximum Gasteiger partial charge on any atom is 0.379 e. The first-order chi connectivity index (χ1) is 12.4. The Bertz CT molecular complexity index is 823. The molecule has 1 aliphatic rings. The number of benzene rings is 1. The molecule has 2 aromatic rings. The van der Waals surface area contributed by atoms with Gasteiger partial charge in [0.2, 0.25) is 5.89 Å². The molecule has 8 heteroatoms. The van der Waals surface area contributed by atoms with E-state index in [4.69, 9.17) is 9.26 Å². The van der Waals surface area contributed by atoms with Gasteiger partial charge in [-0.1, -0.05) is 26.0 Å². The number of aromatic nitrogens is 2. The van der Waals surface area contributed by atoms with Gasteiger partial charge >= 0.3 is 5.97 Å². The number of nitrogens with zero attached hydrogens (tertiary/aromatic N) is 3. The summed E-state index contributed by atoms with van der Waals surface area (Å²) >= 11 is 0. The summed E-state index contributed by atoms with van der Waals surface area (Å²) in [6.45, 7) is 5.75. The van der Waals surface area contributed by atoms with Gasteiger partial charge in [0.25, 0.3) is 17.6 Å². The molecule has 2 heterocycles. The Morgan fingerprint density at radius 1 is 1.19 bits per heavy atom. The van der Waals surface area contributed by atoms with E-state index in [9.17, 15) is 14.4 Å². The number of hydrogen-bond donors (Lipinski definition) is 0. The molecule has 3 rings (SSSR count). The van der Waals surface area contributed by atoms with Crippen molar-refractivity contribution in [3.8, 4) is 0 Å². The van der Waals surface area contributed by atoms with Gasteiger partial charge in [-0.3, -0.25) is 14.5 Å². The summed E-state index contributed by atoms with van der Waals surface area (Å²) in [4.78, 5) is 42.5. The molecule has 2 amide bonds. The van der Waals surface area contributed by atoms with E-state index in [1.54, 1.807) is 31.2 Å². The van der Waals surface area contributed by atoms with Crippen LogP contribution in [-0.4, -0.2) is 39.4 Å². The second-order valence-corrected chi connectivity index (χ2v) is 6.35. The minimum atomic E-state index is -0.752. The second kappa shape index (κ2) is 7.07. The van der Waals surface area contributed by atoms with Crippen molar-refractivity contribution in [2.45, 2.75) is 33.2 Å². The van der Waals surface area contributed by atoms with E-state index in [2.05, 4.69) is 10.1 Å².